The number of hydrogen-bond acceptors (Lipinski definition) is 3. The van der Waals surface area contributed by atoms with E-state index < -0.39 is 5.97 Å². The van der Waals surface area contributed by atoms with Crippen LogP contribution in [0.3, 0.4) is 0 Å². The zero-order valence-electron chi connectivity index (χ0n) is 22.9. The molecule has 0 fully saturated rings. The summed E-state index contributed by atoms with van der Waals surface area (Å²) in [5.74, 6) is -0.655. The molecular weight excluding hydrogens is 424 g/mol. The van der Waals surface area contributed by atoms with Crippen molar-refractivity contribution in [1.29, 1.82) is 0 Å². The number of ether oxygens (including phenoxy) is 1. The van der Waals surface area contributed by atoms with Crippen LogP contribution in [0.15, 0.2) is 0 Å². The fourth-order valence-electron chi connectivity index (χ4n) is 4.65. The van der Waals surface area contributed by atoms with E-state index in [2.05, 4.69) is 13.8 Å². The predicted molar refractivity (Wildman–Crippen MR) is 144 cm³/mol. The van der Waals surface area contributed by atoms with Crippen molar-refractivity contribution in [1.82, 2.24) is 0 Å². The van der Waals surface area contributed by atoms with Gasteiger partial charge in [0.2, 0.25) is 0 Å². The first-order chi connectivity index (χ1) is 16.6. The minimum Gasteiger partial charge on any atom is -0.481 e. The largest absolute Gasteiger partial charge is 0.481 e. The van der Waals surface area contributed by atoms with Crippen molar-refractivity contribution < 1.29 is 19.4 Å². The van der Waals surface area contributed by atoms with Crippen LogP contribution >= 0.6 is 0 Å². The molecule has 34 heavy (non-hydrogen) atoms. The average Bonchev–Trinajstić information content (AvgIpc) is 2.80. The summed E-state index contributed by atoms with van der Waals surface area (Å²) in [6, 6.07) is 0. The van der Waals surface area contributed by atoms with Gasteiger partial charge < -0.3 is 9.84 Å². The van der Waals surface area contributed by atoms with Gasteiger partial charge in [0.15, 0.2) is 0 Å². The molecule has 1 N–H and O–H groups in total. The summed E-state index contributed by atoms with van der Waals surface area (Å²) in [6.07, 6.45) is 28.8. The van der Waals surface area contributed by atoms with E-state index in [0.717, 1.165) is 44.9 Å². The molecule has 1 unspecified atom stereocenters. The summed E-state index contributed by atoms with van der Waals surface area (Å²) in [5.41, 5.74) is 0. The third-order valence-corrected chi connectivity index (χ3v) is 6.81. The van der Waals surface area contributed by atoms with Gasteiger partial charge in [-0.15, -0.1) is 0 Å². The zero-order valence-corrected chi connectivity index (χ0v) is 22.9. The quantitative estimate of drug-likeness (QED) is 0.0934. The molecule has 0 amide bonds. The molecule has 0 saturated carbocycles. The molecule has 0 aliphatic rings. The monoisotopic (exact) mass is 482 g/mol. The molecule has 0 spiro atoms. The van der Waals surface area contributed by atoms with Crippen molar-refractivity contribution in [2.24, 2.45) is 0 Å². The lowest BCUT2D eigenvalue weighted by Crippen LogP contribution is -2.18. The lowest BCUT2D eigenvalue weighted by molar-refractivity contribution is -0.150. The first kappa shape index (κ1) is 32.9. The number of rotatable bonds is 27. The molecule has 0 aliphatic carbocycles. The minimum atomic E-state index is -0.673. The predicted octanol–water partition coefficient (Wildman–Crippen LogP) is 9.78. The molecule has 0 saturated heterocycles. The lowest BCUT2D eigenvalue weighted by Gasteiger charge is -2.17. The number of hydrogen-bond donors (Lipinski definition) is 1. The van der Waals surface area contributed by atoms with Crippen LogP contribution in [0, 0.1) is 0 Å². The SMILES string of the molecule is CCCCCCCCCCCC(=O)OC(CCC)CCCCCCCCCCCCCC(=O)O. The summed E-state index contributed by atoms with van der Waals surface area (Å²) in [5, 5.41) is 8.63. The maximum absolute atomic E-state index is 12.2. The van der Waals surface area contributed by atoms with E-state index in [0.29, 0.717) is 12.8 Å². The van der Waals surface area contributed by atoms with Crippen LogP contribution < -0.4 is 0 Å². The van der Waals surface area contributed by atoms with Crippen LogP contribution in [0.2, 0.25) is 0 Å². The first-order valence-corrected chi connectivity index (χ1v) is 15.0. The number of carbonyl (C=O) groups excluding carboxylic acids is 1. The third kappa shape index (κ3) is 25.6. The highest BCUT2D eigenvalue weighted by Gasteiger charge is 2.13. The summed E-state index contributed by atoms with van der Waals surface area (Å²) < 4.78 is 5.80. The molecule has 0 bridgehead atoms. The van der Waals surface area contributed by atoms with Crippen LogP contribution in [0.25, 0.3) is 0 Å². The van der Waals surface area contributed by atoms with Gasteiger partial charge in [-0.3, -0.25) is 9.59 Å². The Hall–Kier alpha value is -1.06. The molecular formula is C30H58O4. The molecule has 0 heterocycles. The summed E-state index contributed by atoms with van der Waals surface area (Å²) in [6.45, 7) is 4.43. The molecule has 0 aromatic carbocycles. The molecule has 1 atom stereocenters. The van der Waals surface area contributed by atoms with Gasteiger partial charge in [0.05, 0.1) is 0 Å². The second-order valence-electron chi connectivity index (χ2n) is 10.3. The third-order valence-electron chi connectivity index (χ3n) is 6.81. The van der Waals surface area contributed by atoms with Gasteiger partial charge in [-0.2, -0.15) is 0 Å². The highest BCUT2D eigenvalue weighted by Crippen LogP contribution is 2.17. The maximum Gasteiger partial charge on any atom is 0.306 e. The molecule has 0 aromatic heterocycles. The van der Waals surface area contributed by atoms with E-state index in [-0.39, 0.29) is 12.1 Å². The molecule has 0 aliphatic heterocycles. The van der Waals surface area contributed by atoms with Gasteiger partial charge >= 0.3 is 11.9 Å². The highest BCUT2D eigenvalue weighted by atomic mass is 16.5. The van der Waals surface area contributed by atoms with Crippen LogP contribution in [0.1, 0.15) is 174 Å². The van der Waals surface area contributed by atoms with Crippen molar-refractivity contribution in [3.8, 4) is 0 Å². The molecule has 0 aromatic rings. The Kier molecular flexibility index (Phi) is 25.7. The fraction of sp³-hybridized carbons (Fsp3) is 0.933. The normalized spacial score (nSPS) is 12.1. The van der Waals surface area contributed by atoms with Crippen molar-refractivity contribution in [2.45, 2.75) is 180 Å². The molecule has 0 rings (SSSR count). The van der Waals surface area contributed by atoms with E-state index in [4.69, 9.17) is 9.84 Å². The Morgan fingerprint density at radius 2 is 0.941 bits per heavy atom. The van der Waals surface area contributed by atoms with E-state index >= 15 is 0 Å². The highest BCUT2D eigenvalue weighted by molar-refractivity contribution is 5.69. The van der Waals surface area contributed by atoms with Crippen molar-refractivity contribution in [3.05, 3.63) is 0 Å². The van der Waals surface area contributed by atoms with Crippen molar-refractivity contribution >= 4 is 11.9 Å². The Morgan fingerprint density at radius 3 is 1.38 bits per heavy atom. The molecule has 0 radical (unpaired) electrons. The Labute approximate surface area is 212 Å². The standard InChI is InChI=1S/C30H58O4/c1-3-5-6-7-8-12-17-20-23-27-30(33)34-28(24-4-2)25-21-18-15-13-10-9-11-14-16-19-22-26-29(31)32/h28H,3-27H2,1-2H3,(H,31,32). The Bertz CT molecular complexity index is 449. The van der Waals surface area contributed by atoms with Gasteiger partial charge in [-0.1, -0.05) is 129 Å². The van der Waals surface area contributed by atoms with Crippen LogP contribution in [-0.2, 0) is 14.3 Å². The molecule has 202 valence electrons. The smallest absolute Gasteiger partial charge is 0.306 e. The van der Waals surface area contributed by atoms with Gasteiger partial charge in [0.25, 0.3) is 0 Å². The van der Waals surface area contributed by atoms with Crippen LogP contribution in [0.5, 0.6) is 0 Å². The van der Waals surface area contributed by atoms with Crippen LogP contribution in [-0.4, -0.2) is 23.1 Å². The van der Waals surface area contributed by atoms with Crippen molar-refractivity contribution in [3.63, 3.8) is 0 Å². The lowest BCUT2D eigenvalue weighted by atomic mass is 10.0. The first-order valence-electron chi connectivity index (χ1n) is 15.0. The number of carboxylic acids is 1. The summed E-state index contributed by atoms with van der Waals surface area (Å²) in [7, 11) is 0. The average molecular weight is 483 g/mol. The van der Waals surface area contributed by atoms with E-state index in [1.165, 1.54) is 103 Å². The molecule has 4 nitrogen and oxygen atoms in total. The van der Waals surface area contributed by atoms with Crippen molar-refractivity contribution in [2.75, 3.05) is 0 Å². The van der Waals surface area contributed by atoms with Gasteiger partial charge in [-0.25, -0.2) is 0 Å². The number of unbranched alkanes of at least 4 members (excludes halogenated alkanes) is 18. The zero-order chi connectivity index (χ0) is 25.1. The summed E-state index contributed by atoms with van der Waals surface area (Å²) >= 11 is 0. The second kappa shape index (κ2) is 26.5. The molecule has 4 heteroatoms. The van der Waals surface area contributed by atoms with Gasteiger partial charge in [0.1, 0.15) is 6.10 Å². The number of aliphatic carboxylic acids is 1. The Morgan fingerprint density at radius 1 is 0.529 bits per heavy atom. The maximum atomic E-state index is 12.2. The minimum absolute atomic E-state index is 0.0179. The Balaban J connectivity index is 3.56. The number of carboxylic acid groups (broad SMARTS) is 1. The van der Waals surface area contributed by atoms with E-state index in [1.54, 1.807) is 0 Å². The van der Waals surface area contributed by atoms with Crippen LogP contribution in [0.4, 0.5) is 0 Å². The fourth-order valence-corrected chi connectivity index (χ4v) is 4.65. The van der Waals surface area contributed by atoms with Gasteiger partial charge in [0, 0.05) is 12.8 Å². The topological polar surface area (TPSA) is 63.6 Å². The second-order valence-corrected chi connectivity index (χ2v) is 10.3. The number of carbonyl (C=O) groups is 2. The number of esters is 1. The summed E-state index contributed by atoms with van der Waals surface area (Å²) in [4.78, 5) is 22.7. The van der Waals surface area contributed by atoms with E-state index in [9.17, 15) is 9.59 Å². The van der Waals surface area contributed by atoms with E-state index in [1.807, 2.05) is 0 Å². The van der Waals surface area contributed by atoms with Gasteiger partial charge in [-0.05, 0) is 32.1 Å².